The summed E-state index contributed by atoms with van der Waals surface area (Å²) in [5, 5.41) is 3.24. The molecule has 0 radical (unpaired) electrons. The standard InChI is InChI=1S/C12H25N5O/c1-9(8-18-2)14-12(16-13)15-11-7-17-5-3-10(11)4-6-17/h9-11H,3-8,13H2,1-2H3,(H2,14,15,16). The van der Waals surface area contributed by atoms with Crippen LogP contribution in [0.5, 0.6) is 0 Å². The first kappa shape index (κ1) is 13.6. The first-order valence-corrected chi connectivity index (χ1v) is 6.75. The Bertz CT molecular complexity index is 288. The van der Waals surface area contributed by atoms with Gasteiger partial charge in [0.15, 0.2) is 0 Å². The predicted octanol–water partition coefficient (Wildman–Crippen LogP) is -0.476. The van der Waals surface area contributed by atoms with E-state index in [1.807, 2.05) is 6.92 Å². The van der Waals surface area contributed by atoms with E-state index in [9.17, 15) is 0 Å². The summed E-state index contributed by atoms with van der Waals surface area (Å²) in [6.45, 7) is 6.22. The molecule has 3 aliphatic rings. The lowest BCUT2D eigenvalue weighted by atomic mass is 9.84. The van der Waals surface area contributed by atoms with Gasteiger partial charge in [-0.25, -0.2) is 10.8 Å². The number of hydrogen-bond donors (Lipinski definition) is 3. The molecule has 2 unspecified atom stereocenters. The van der Waals surface area contributed by atoms with Crippen LogP contribution in [-0.4, -0.2) is 56.3 Å². The molecule has 0 saturated carbocycles. The Labute approximate surface area is 109 Å². The van der Waals surface area contributed by atoms with E-state index in [0.717, 1.165) is 12.5 Å². The first-order chi connectivity index (χ1) is 8.72. The van der Waals surface area contributed by atoms with Crippen molar-refractivity contribution < 1.29 is 4.74 Å². The van der Waals surface area contributed by atoms with Gasteiger partial charge >= 0.3 is 0 Å². The van der Waals surface area contributed by atoms with Crippen LogP contribution in [0.2, 0.25) is 0 Å². The average Bonchev–Trinajstić information content (AvgIpc) is 2.39. The topological polar surface area (TPSA) is 74.9 Å². The van der Waals surface area contributed by atoms with Crippen molar-refractivity contribution >= 4 is 5.96 Å². The molecule has 2 atom stereocenters. The zero-order valence-electron chi connectivity index (χ0n) is 11.4. The van der Waals surface area contributed by atoms with Gasteiger partial charge < -0.3 is 15.0 Å². The molecule has 6 heteroatoms. The molecule has 3 saturated heterocycles. The van der Waals surface area contributed by atoms with E-state index < -0.39 is 0 Å². The number of nitrogens with one attached hydrogen (secondary N) is 2. The Morgan fingerprint density at radius 3 is 2.72 bits per heavy atom. The number of piperidine rings is 3. The number of ether oxygens (including phenoxy) is 1. The minimum absolute atomic E-state index is 0.200. The molecule has 0 aromatic heterocycles. The molecule has 4 N–H and O–H groups in total. The summed E-state index contributed by atoms with van der Waals surface area (Å²) in [5.74, 6) is 6.93. The van der Waals surface area contributed by atoms with Crippen LogP contribution in [0.15, 0.2) is 4.99 Å². The van der Waals surface area contributed by atoms with E-state index in [2.05, 4.69) is 15.6 Å². The molecule has 104 valence electrons. The minimum atomic E-state index is 0.200. The summed E-state index contributed by atoms with van der Waals surface area (Å²) in [6.07, 6.45) is 2.53. The van der Waals surface area contributed by atoms with Crippen molar-refractivity contribution in [3.05, 3.63) is 0 Å². The molecule has 2 bridgehead atoms. The molecule has 0 aliphatic carbocycles. The molecule has 3 aliphatic heterocycles. The van der Waals surface area contributed by atoms with Crippen LogP contribution < -0.4 is 16.6 Å². The second-order valence-electron chi connectivity index (χ2n) is 5.33. The van der Waals surface area contributed by atoms with Crippen LogP contribution in [0, 0.1) is 5.92 Å². The van der Waals surface area contributed by atoms with E-state index in [-0.39, 0.29) is 6.04 Å². The third-order valence-electron chi connectivity index (χ3n) is 3.85. The lowest BCUT2D eigenvalue weighted by Crippen LogP contribution is -2.52. The smallest absolute Gasteiger partial charge is 0.206 e. The average molecular weight is 255 g/mol. The van der Waals surface area contributed by atoms with Crippen LogP contribution in [0.1, 0.15) is 19.8 Å². The third-order valence-corrected chi connectivity index (χ3v) is 3.85. The molecule has 0 spiro atoms. The molecular formula is C12H25N5O. The highest BCUT2D eigenvalue weighted by molar-refractivity contribution is 5.79. The number of nitrogens with zero attached hydrogens (tertiary/aromatic N) is 2. The maximum Gasteiger partial charge on any atom is 0.206 e. The third kappa shape index (κ3) is 3.34. The van der Waals surface area contributed by atoms with Crippen LogP contribution in [0.25, 0.3) is 0 Å². The molecule has 3 rings (SSSR count). The fourth-order valence-electron chi connectivity index (χ4n) is 2.89. The lowest BCUT2D eigenvalue weighted by molar-refractivity contribution is 0.0902. The number of guanidine groups is 1. The minimum Gasteiger partial charge on any atom is -0.383 e. The lowest BCUT2D eigenvalue weighted by Gasteiger charge is -2.43. The van der Waals surface area contributed by atoms with Gasteiger partial charge in [0, 0.05) is 19.7 Å². The molecule has 0 amide bonds. The van der Waals surface area contributed by atoms with Gasteiger partial charge in [-0.1, -0.05) is 0 Å². The van der Waals surface area contributed by atoms with Crippen LogP contribution >= 0.6 is 0 Å². The van der Waals surface area contributed by atoms with Gasteiger partial charge in [0.25, 0.3) is 0 Å². The van der Waals surface area contributed by atoms with E-state index in [1.54, 1.807) is 7.11 Å². The highest BCUT2D eigenvalue weighted by Crippen LogP contribution is 2.29. The fraction of sp³-hybridized carbons (Fsp3) is 0.917. The van der Waals surface area contributed by atoms with Crippen LogP contribution in [-0.2, 0) is 4.74 Å². The monoisotopic (exact) mass is 255 g/mol. The summed E-state index contributed by atoms with van der Waals surface area (Å²) in [6, 6.07) is 0.576. The second kappa shape index (κ2) is 6.36. The van der Waals surface area contributed by atoms with Crippen LogP contribution in [0.3, 0.4) is 0 Å². The van der Waals surface area contributed by atoms with E-state index in [1.165, 1.54) is 25.9 Å². The first-order valence-electron chi connectivity index (χ1n) is 6.75. The number of methoxy groups -OCH3 is 1. The largest absolute Gasteiger partial charge is 0.383 e. The predicted molar refractivity (Wildman–Crippen MR) is 72.2 cm³/mol. The zero-order valence-corrected chi connectivity index (χ0v) is 11.4. The van der Waals surface area contributed by atoms with Crippen LogP contribution in [0.4, 0.5) is 0 Å². The number of aliphatic imine (C=N–C) groups is 1. The van der Waals surface area contributed by atoms with Gasteiger partial charge in [-0.3, -0.25) is 5.43 Å². The van der Waals surface area contributed by atoms with Gasteiger partial charge in [0.05, 0.1) is 12.6 Å². The van der Waals surface area contributed by atoms with Crippen molar-refractivity contribution in [2.24, 2.45) is 16.8 Å². The number of nitrogens with two attached hydrogens (primary N) is 1. The number of hydrazine groups is 1. The van der Waals surface area contributed by atoms with Crippen molar-refractivity contribution in [1.82, 2.24) is 15.6 Å². The SMILES string of the molecule is COCC(C)NC(=NC1CN2CCC1CC2)NN. The van der Waals surface area contributed by atoms with Gasteiger partial charge in [-0.2, -0.15) is 0 Å². The Morgan fingerprint density at radius 1 is 1.50 bits per heavy atom. The Hall–Kier alpha value is -0.850. The van der Waals surface area contributed by atoms with Crippen molar-refractivity contribution in [2.45, 2.75) is 31.8 Å². The summed E-state index contributed by atoms with van der Waals surface area (Å²) >= 11 is 0. The molecular weight excluding hydrogens is 230 g/mol. The summed E-state index contributed by atoms with van der Waals surface area (Å²) in [5.41, 5.74) is 2.66. The van der Waals surface area contributed by atoms with E-state index in [0.29, 0.717) is 18.6 Å². The Balaban J connectivity index is 1.92. The highest BCUT2D eigenvalue weighted by atomic mass is 16.5. The Morgan fingerprint density at radius 2 is 2.22 bits per heavy atom. The quantitative estimate of drug-likeness (QED) is 0.274. The van der Waals surface area contributed by atoms with Gasteiger partial charge in [-0.15, -0.1) is 0 Å². The van der Waals surface area contributed by atoms with E-state index in [4.69, 9.17) is 15.6 Å². The molecule has 3 fully saturated rings. The van der Waals surface area contributed by atoms with Gasteiger partial charge in [0.1, 0.15) is 0 Å². The molecule has 6 nitrogen and oxygen atoms in total. The van der Waals surface area contributed by atoms with Gasteiger partial charge in [0.2, 0.25) is 5.96 Å². The number of rotatable bonds is 4. The maximum atomic E-state index is 5.53. The number of fused-ring (bicyclic) bond motifs is 3. The summed E-state index contributed by atoms with van der Waals surface area (Å²) in [7, 11) is 1.69. The Kier molecular flexibility index (Phi) is 4.79. The molecule has 0 aromatic carbocycles. The van der Waals surface area contributed by atoms with E-state index >= 15 is 0 Å². The van der Waals surface area contributed by atoms with Crippen molar-refractivity contribution in [3.8, 4) is 0 Å². The number of hydrogen-bond acceptors (Lipinski definition) is 4. The van der Waals surface area contributed by atoms with Gasteiger partial charge in [-0.05, 0) is 38.8 Å². The van der Waals surface area contributed by atoms with Crippen molar-refractivity contribution in [2.75, 3.05) is 33.4 Å². The van der Waals surface area contributed by atoms with Crippen molar-refractivity contribution in [1.29, 1.82) is 0 Å². The normalized spacial score (nSPS) is 33.3. The molecule has 0 aromatic rings. The summed E-state index contributed by atoms with van der Waals surface area (Å²) < 4.78 is 5.09. The second-order valence-corrected chi connectivity index (χ2v) is 5.33. The zero-order chi connectivity index (χ0) is 13.0. The molecule has 3 heterocycles. The summed E-state index contributed by atoms with van der Waals surface area (Å²) in [4.78, 5) is 7.22. The fourth-order valence-corrected chi connectivity index (χ4v) is 2.89. The highest BCUT2D eigenvalue weighted by Gasteiger charge is 2.34. The maximum absolute atomic E-state index is 5.53. The van der Waals surface area contributed by atoms with Crippen molar-refractivity contribution in [3.63, 3.8) is 0 Å². The molecule has 18 heavy (non-hydrogen) atoms.